The van der Waals surface area contributed by atoms with E-state index in [2.05, 4.69) is 25.9 Å². The average molecular weight is 403 g/mol. The topological polar surface area (TPSA) is 88.2 Å². The summed E-state index contributed by atoms with van der Waals surface area (Å²) in [5.74, 6) is 1.42. The molecule has 1 aromatic heterocycles. The SMILES string of the molecule is COc1ccccc1-c1cc(Nc2cccc(NC(=O)[C@@H]3CCCCN3)c2)ncn1. The second-order valence-corrected chi connectivity index (χ2v) is 7.19. The lowest BCUT2D eigenvalue weighted by molar-refractivity contribution is -0.118. The Kier molecular flexibility index (Phi) is 6.20. The number of nitrogens with one attached hydrogen (secondary N) is 3. The van der Waals surface area contributed by atoms with Crippen molar-refractivity contribution >= 4 is 23.1 Å². The lowest BCUT2D eigenvalue weighted by Crippen LogP contribution is -2.43. The fourth-order valence-electron chi connectivity index (χ4n) is 3.56. The van der Waals surface area contributed by atoms with Crippen molar-refractivity contribution in [3.05, 3.63) is 60.9 Å². The maximum absolute atomic E-state index is 12.5. The van der Waals surface area contributed by atoms with Crippen molar-refractivity contribution in [2.24, 2.45) is 0 Å². The van der Waals surface area contributed by atoms with Crippen LogP contribution in [0, 0.1) is 0 Å². The Morgan fingerprint density at radius 3 is 2.77 bits per heavy atom. The van der Waals surface area contributed by atoms with Gasteiger partial charge in [-0.05, 0) is 49.7 Å². The molecular formula is C23H25N5O2. The van der Waals surface area contributed by atoms with Crippen molar-refractivity contribution in [3.8, 4) is 17.0 Å². The molecular weight excluding hydrogens is 378 g/mol. The first-order valence-corrected chi connectivity index (χ1v) is 10.1. The molecule has 30 heavy (non-hydrogen) atoms. The average Bonchev–Trinajstić information content (AvgIpc) is 2.80. The number of amides is 1. The van der Waals surface area contributed by atoms with Gasteiger partial charge in [-0.15, -0.1) is 0 Å². The van der Waals surface area contributed by atoms with Gasteiger partial charge in [-0.2, -0.15) is 0 Å². The smallest absolute Gasteiger partial charge is 0.241 e. The van der Waals surface area contributed by atoms with Gasteiger partial charge in [0.25, 0.3) is 0 Å². The van der Waals surface area contributed by atoms with Crippen LogP contribution in [-0.2, 0) is 4.79 Å². The third-order valence-corrected chi connectivity index (χ3v) is 5.08. The highest BCUT2D eigenvalue weighted by molar-refractivity contribution is 5.95. The normalized spacial score (nSPS) is 16.0. The number of rotatable bonds is 6. The minimum Gasteiger partial charge on any atom is -0.496 e. The molecule has 3 aromatic rings. The molecule has 1 atom stereocenters. The van der Waals surface area contributed by atoms with E-state index < -0.39 is 0 Å². The molecule has 0 radical (unpaired) electrons. The van der Waals surface area contributed by atoms with Crippen LogP contribution in [0.25, 0.3) is 11.3 Å². The van der Waals surface area contributed by atoms with E-state index in [-0.39, 0.29) is 11.9 Å². The fraction of sp³-hybridized carbons (Fsp3) is 0.261. The third kappa shape index (κ3) is 4.75. The van der Waals surface area contributed by atoms with Crippen LogP contribution in [0.1, 0.15) is 19.3 Å². The summed E-state index contributed by atoms with van der Waals surface area (Å²) in [6, 6.07) is 17.1. The number of aromatic nitrogens is 2. The second-order valence-electron chi connectivity index (χ2n) is 7.19. The number of piperidine rings is 1. The standard InChI is InChI=1S/C23H25N5O2/c1-30-21-11-3-2-9-18(21)20-14-22(26-15-25-20)27-16-7-6-8-17(13-16)28-23(29)19-10-4-5-12-24-19/h2-3,6-9,11,13-15,19,24H,4-5,10,12H2,1H3,(H,28,29)(H,25,26,27)/t19-/m0/s1. The van der Waals surface area contributed by atoms with Gasteiger partial charge in [0.05, 0.1) is 18.8 Å². The molecule has 154 valence electrons. The molecule has 7 nitrogen and oxygen atoms in total. The summed E-state index contributed by atoms with van der Waals surface area (Å²) in [6.07, 6.45) is 4.59. The van der Waals surface area contributed by atoms with Crippen molar-refractivity contribution in [2.75, 3.05) is 24.3 Å². The number of anilines is 3. The first kappa shape index (κ1) is 19.8. The lowest BCUT2D eigenvalue weighted by atomic mass is 10.0. The number of benzene rings is 2. The Bertz CT molecular complexity index is 1020. The van der Waals surface area contributed by atoms with Gasteiger partial charge >= 0.3 is 0 Å². The molecule has 2 heterocycles. The van der Waals surface area contributed by atoms with Gasteiger partial charge in [-0.1, -0.05) is 24.6 Å². The van der Waals surface area contributed by atoms with E-state index in [1.807, 2.05) is 54.6 Å². The van der Waals surface area contributed by atoms with Crippen LogP contribution >= 0.6 is 0 Å². The quantitative estimate of drug-likeness (QED) is 0.577. The number of hydrogen-bond acceptors (Lipinski definition) is 6. The largest absolute Gasteiger partial charge is 0.496 e. The monoisotopic (exact) mass is 403 g/mol. The van der Waals surface area contributed by atoms with Gasteiger partial charge in [-0.3, -0.25) is 4.79 Å². The first-order chi connectivity index (χ1) is 14.7. The summed E-state index contributed by atoms with van der Waals surface area (Å²) >= 11 is 0. The molecule has 4 rings (SSSR count). The molecule has 1 fully saturated rings. The summed E-state index contributed by atoms with van der Waals surface area (Å²) < 4.78 is 5.43. The number of carbonyl (C=O) groups excluding carboxylic acids is 1. The highest BCUT2D eigenvalue weighted by Gasteiger charge is 2.20. The Morgan fingerprint density at radius 1 is 1.07 bits per heavy atom. The van der Waals surface area contributed by atoms with Crippen LogP contribution in [0.4, 0.5) is 17.2 Å². The summed E-state index contributed by atoms with van der Waals surface area (Å²) in [6.45, 7) is 0.891. The van der Waals surface area contributed by atoms with Crippen molar-refractivity contribution in [1.29, 1.82) is 0 Å². The first-order valence-electron chi connectivity index (χ1n) is 10.1. The minimum atomic E-state index is -0.124. The van der Waals surface area contributed by atoms with Crippen molar-refractivity contribution in [1.82, 2.24) is 15.3 Å². The van der Waals surface area contributed by atoms with E-state index >= 15 is 0 Å². The van der Waals surface area contributed by atoms with Crippen LogP contribution in [0.2, 0.25) is 0 Å². The zero-order valence-electron chi connectivity index (χ0n) is 16.9. The van der Waals surface area contributed by atoms with E-state index in [0.717, 1.165) is 54.2 Å². The van der Waals surface area contributed by atoms with Crippen molar-refractivity contribution in [3.63, 3.8) is 0 Å². The van der Waals surface area contributed by atoms with Gasteiger partial charge in [0.1, 0.15) is 17.9 Å². The minimum absolute atomic E-state index is 0.00680. The Balaban J connectivity index is 1.48. The molecule has 7 heteroatoms. The summed E-state index contributed by atoms with van der Waals surface area (Å²) in [5, 5.41) is 9.56. The molecule has 3 N–H and O–H groups in total. The van der Waals surface area contributed by atoms with Crippen LogP contribution in [0.15, 0.2) is 60.9 Å². The van der Waals surface area contributed by atoms with Crippen molar-refractivity contribution < 1.29 is 9.53 Å². The predicted molar refractivity (Wildman–Crippen MR) is 118 cm³/mol. The number of hydrogen-bond donors (Lipinski definition) is 3. The Labute approximate surface area is 175 Å². The molecule has 0 saturated carbocycles. The molecule has 0 spiro atoms. The lowest BCUT2D eigenvalue weighted by Gasteiger charge is -2.22. The number of ether oxygens (including phenoxy) is 1. The van der Waals surface area contributed by atoms with Gasteiger partial charge in [0.2, 0.25) is 5.91 Å². The molecule has 2 aromatic carbocycles. The van der Waals surface area contributed by atoms with E-state index in [4.69, 9.17) is 4.74 Å². The van der Waals surface area contributed by atoms with Gasteiger partial charge in [0.15, 0.2) is 0 Å². The Morgan fingerprint density at radius 2 is 1.93 bits per heavy atom. The van der Waals surface area contributed by atoms with Crippen LogP contribution < -0.4 is 20.7 Å². The Hall–Kier alpha value is -3.45. The molecule has 1 aliphatic rings. The predicted octanol–water partition coefficient (Wildman–Crippen LogP) is 3.98. The zero-order valence-corrected chi connectivity index (χ0v) is 16.9. The van der Waals surface area contributed by atoms with Crippen LogP contribution in [-0.4, -0.2) is 35.6 Å². The van der Waals surface area contributed by atoms with E-state index in [0.29, 0.717) is 5.82 Å². The number of methoxy groups -OCH3 is 1. The summed E-state index contributed by atoms with van der Waals surface area (Å²) in [5.41, 5.74) is 3.23. The molecule has 1 amide bonds. The number of nitrogens with zero attached hydrogens (tertiary/aromatic N) is 2. The highest BCUT2D eigenvalue weighted by Crippen LogP contribution is 2.29. The summed E-state index contributed by atoms with van der Waals surface area (Å²) in [4.78, 5) is 21.2. The maximum atomic E-state index is 12.5. The highest BCUT2D eigenvalue weighted by atomic mass is 16.5. The maximum Gasteiger partial charge on any atom is 0.241 e. The molecule has 0 bridgehead atoms. The zero-order chi connectivity index (χ0) is 20.8. The molecule has 1 saturated heterocycles. The molecule has 1 aliphatic heterocycles. The number of para-hydroxylation sites is 1. The fourth-order valence-corrected chi connectivity index (χ4v) is 3.56. The van der Waals surface area contributed by atoms with Crippen molar-refractivity contribution in [2.45, 2.75) is 25.3 Å². The van der Waals surface area contributed by atoms with Gasteiger partial charge < -0.3 is 20.7 Å². The summed E-state index contributed by atoms with van der Waals surface area (Å²) in [7, 11) is 1.64. The third-order valence-electron chi connectivity index (χ3n) is 5.08. The van der Waals surface area contributed by atoms with Crippen LogP contribution in [0.3, 0.4) is 0 Å². The second kappa shape index (κ2) is 9.37. The van der Waals surface area contributed by atoms with Gasteiger partial charge in [-0.25, -0.2) is 9.97 Å². The van der Waals surface area contributed by atoms with E-state index in [1.165, 1.54) is 6.33 Å². The van der Waals surface area contributed by atoms with E-state index in [1.54, 1.807) is 7.11 Å². The van der Waals surface area contributed by atoms with E-state index in [9.17, 15) is 4.79 Å². The molecule has 0 aliphatic carbocycles. The number of carbonyl (C=O) groups is 1. The van der Waals surface area contributed by atoms with Gasteiger partial charge in [0, 0.05) is 23.0 Å². The molecule has 0 unspecified atom stereocenters. The van der Waals surface area contributed by atoms with Crippen LogP contribution in [0.5, 0.6) is 5.75 Å².